The molecule has 1 aromatic heterocycles. The van der Waals surface area contributed by atoms with Crippen molar-refractivity contribution in [1.29, 1.82) is 0 Å². The SMILES string of the molecule is COc1ccc(Cl)c2sc(N(CCN3CCOCC3)C(=O)C(C)(C)Oc3ccc(Cl)cc3)nc12. The second-order valence-electron chi connectivity index (χ2n) is 8.40. The molecule has 0 unspecified atom stereocenters. The summed E-state index contributed by atoms with van der Waals surface area (Å²) in [5, 5.41) is 1.72. The predicted octanol–water partition coefficient (Wildman–Crippen LogP) is 5.13. The fraction of sp³-hybridized carbons (Fsp3) is 0.417. The number of anilines is 1. The smallest absolute Gasteiger partial charge is 0.272 e. The zero-order chi connectivity index (χ0) is 24.3. The number of carbonyl (C=O) groups excluding carboxylic acids is 1. The van der Waals surface area contributed by atoms with E-state index in [-0.39, 0.29) is 5.91 Å². The number of thiazole rings is 1. The Hall–Kier alpha value is -2.10. The number of hydrogen-bond donors (Lipinski definition) is 0. The highest BCUT2D eigenvalue weighted by molar-refractivity contribution is 7.23. The molecule has 4 rings (SSSR count). The van der Waals surface area contributed by atoms with Crippen LogP contribution >= 0.6 is 34.5 Å². The third kappa shape index (κ3) is 5.58. The molecule has 1 aliphatic rings. The normalized spacial score (nSPS) is 14.9. The van der Waals surface area contributed by atoms with Crippen LogP contribution in [0, 0.1) is 0 Å². The Morgan fingerprint density at radius 3 is 2.56 bits per heavy atom. The lowest BCUT2D eigenvalue weighted by Gasteiger charge is -2.33. The Balaban J connectivity index is 1.65. The molecule has 10 heteroatoms. The Morgan fingerprint density at radius 2 is 1.88 bits per heavy atom. The van der Waals surface area contributed by atoms with Crippen LogP contribution in [0.4, 0.5) is 5.13 Å². The first-order valence-electron chi connectivity index (χ1n) is 11.0. The summed E-state index contributed by atoms with van der Waals surface area (Å²) < 4.78 is 17.8. The average Bonchev–Trinajstić information content (AvgIpc) is 3.27. The summed E-state index contributed by atoms with van der Waals surface area (Å²) in [6.07, 6.45) is 0. The van der Waals surface area contributed by atoms with E-state index in [4.69, 9.17) is 42.4 Å². The highest BCUT2D eigenvalue weighted by atomic mass is 35.5. The lowest BCUT2D eigenvalue weighted by molar-refractivity contribution is -0.131. The van der Waals surface area contributed by atoms with Crippen molar-refractivity contribution in [3.63, 3.8) is 0 Å². The molecule has 1 saturated heterocycles. The summed E-state index contributed by atoms with van der Waals surface area (Å²) in [5.41, 5.74) is -0.513. The molecule has 0 N–H and O–H groups in total. The van der Waals surface area contributed by atoms with E-state index < -0.39 is 5.60 Å². The van der Waals surface area contributed by atoms with Gasteiger partial charge in [0.2, 0.25) is 0 Å². The van der Waals surface area contributed by atoms with Crippen LogP contribution in [0.15, 0.2) is 36.4 Å². The van der Waals surface area contributed by atoms with Crippen molar-refractivity contribution >= 4 is 55.8 Å². The first-order valence-corrected chi connectivity index (χ1v) is 12.6. The fourth-order valence-electron chi connectivity index (χ4n) is 3.74. The van der Waals surface area contributed by atoms with Gasteiger partial charge in [0.25, 0.3) is 5.91 Å². The molecular weight excluding hydrogens is 497 g/mol. The number of amides is 1. The fourth-order valence-corrected chi connectivity index (χ4v) is 5.14. The van der Waals surface area contributed by atoms with Gasteiger partial charge in [-0.1, -0.05) is 34.5 Å². The molecule has 2 heterocycles. The number of benzene rings is 2. The number of nitrogens with zero attached hydrogens (tertiary/aromatic N) is 3. The van der Waals surface area contributed by atoms with Crippen LogP contribution in [0.3, 0.4) is 0 Å². The third-order valence-electron chi connectivity index (χ3n) is 5.59. The summed E-state index contributed by atoms with van der Waals surface area (Å²) >= 11 is 13.8. The van der Waals surface area contributed by atoms with Crippen molar-refractivity contribution in [2.24, 2.45) is 0 Å². The van der Waals surface area contributed by atoms with Gasteiger partial charge in [-0.3, -0.25) is 14.6 Å². The van der Waals surface area contributed by atoms with Crippen LogP contribution in [0.2, 0.25) is 10.0 Å². The molecule has 7 nitrogen and oxygen atoms in total. The van der Waals surface area contributed by atoms with E-state index in [0.29, 0.717) is 58.5 Å². The monoisotopic (exact) mass is 523 g/mol. The van der Waals surface area contributed by atoms with Gasteiger partial charge in [0, 0.05) is 31.2 Å². The molecule has 1 aliphatic heterocycles. The van der Waals surface area contributed by atoms with Gasteiger partial charge in [-0.25, -0.2) is 4.98 Å². The second kappa shape index (κ2) is 10.7. The van der Waals surface area contributed by atoms with Gasteiger partial charge in [0.15, 0.2) is 10.7 Å². The molecule has 34 heavy (non-hydrogen) atoms. The van der Waals surface area contributed by atoms with E-state index in [1.807, 2.05) is 0 Å². The summed E-state index contributed by atoms with van der Waals surface area (Å²) in [5.74, 6) is 0.967. The van der Waals surface area contributed by atoms with Gasteiger partial charge < -0.3 is 14.2 Å². The lowest BCUT2D eigenvalue weighted by Crippen LogP contribution is -2.51. The van der Waals surface area contributed by atoms with Crippen LogP contribution in [-0.4, -0.2) is 67.9 Å². The highest BCUT2D eigenvalue weighted by Gasteiger charge is 2.37. The molecule has 3 aromatic rings. The minimum Gasteiger partial charge on any atom is -0.494 e. The minimum atomic E-state index is -1.15. The lowest BCUT2D eigenvalue weighted by atomic mass is 10.1. The summed E-state index contributed by atoms with van der Waals surface area (Å²) in [7, 11) is 1.59. The second-order valence-corrected chi connectivity index (χ2v) is 10.2. The summed E-state index contributed by atoms with van der Waals surface area (Å²) in [4.78, 5) is 22.6. The molecule has 0 saturated carbocycles. The van der Waals surface area contributed by atoms with Gasteiger partial charge in [-0.15, -0.1) is 0 Å². The van der Waals surface area contributed by atoms with E-state index in [1.165, 1.54) is 11.3 Å². The van der Waals surface area contributed by atoms with Crippen LogP contribution in [0.25, 0.3) is 10.2 Å². The van der Waals surface area contributed by atoms with E-state index in [9.17, 15) is 4.79 Å². The number of fused-ring (bicyclic) bond motifs is 1. The van der Waals surface area contributed by atoms with Gasteiger partial charge in [0.05, 0.1) is 30.0 Å². The number of methoxy groups -OCH3 is 1. The minimum absolute atomic E-state index is 0.204. The van der Waals surface area contributed by atoms with Crippen LogP contribution in [0.1, 0.15) is 13.8 Å². The van der Waals surface area contributed by atoms with E-state index in [1.54, 1.807) is 62.3 Å². The van der Waals surface area contributed by atoms with Gasteiger partial charge >= 0.3 is 0 Å². The van der Waals surface area contributed by atoms with Crippen LogP contribution in [-0.2, 0) is 9.53 Å². The van der Waals surface area contributed by atoms with Crippen LogP contribution in [0.5, 0.6) is 11.5 Å². The van der Waals surface area contributed by atoms with Crippen LogP contribution < -0.4 is 14.4 Å². The number of halogens is 2. The van der Waals surface area contributed by atoms with Crippen molar-refractivity contribution in [3.8, 4) is 11.5 Å². The highest BCUT2D eigenvalue weighted by Crippen LogP contribution is 2.39. The molecule has 2 aromatic carbocycles. The van der Waals surface area contributed by atoms with Crippen molar-refractivity contribution in [1.82, 2.24) is 9.88 Å². The molecular formula is C24H27Cl2N3O4S. The zero-order valence-corrected chi connectivity index (χ0v) is 21.7. The quantitative estimate of drug-likeness (QED) is 0.407. The molecule has 0 radical (unpaired) electrons. The first kappa shape index (κ1) is 25.0. The topological polar surface area (TPSA) is 64.1 Å². The maximum Gasteiger partial charge on any atom is 0.272 e. The van der Waals surface area contributed by atoms with E-state index in [0.717, 1.165) is 17.8 Å². The van der Waals surface area contributed by atoms with Gasteiger partial charge in [-0.2, -0.15) is 0 Å². The predicted molar refractivity (Wildman–Crippen MR) is 137 cm³/mol. The van der Waals surface area contributed by atoms with Gasteiger partial charge in [0.1, 0.15) is 17.0 Å². The Labute approximate surface area is 213 Å². The third-order valence-corrected chi connectivity index (χ3v) is 7.38. The average molecular weight is 524 g/mol. The maximum atomic E-state index is 13.9. The molecule has 1 fully saturated rings. The summed E-state index contributed by atoms with van der Waals surface area (Å²) in [6, 6.07) is 10.5. The van der Waals surface area contributed by atoms with Crippen molar-refractivity contribution in [3.05, 3.63) is 46.4 Å². The van der Waals surface area contributed by atoms with E-state index in [2.05, 4.69) is 4.90 Å². The number of rotatable bonds is 8. The summed E-state index contributed by atoms with van der Waals surface area (Å²) in [6.45, 7) is 7.68. The standard InChI is InChI=1S/C24H27Cl2N3O4S/c1-24(2,33-17-6-4-16(25)5-7-17)22(30)29(11-10-28-12-14-32-15-13-28)23-27-20-19(31-3)9-8-18(26)21(20)34-23/h4-9H,10-15H2,1-3H3. The zero-order valence-electron chi connectivity index (χ0n) is 19.3. The van der Waals surface area contributed by atoms with Crippen molar-refractivity contribution in [2.75, 3.05) is 51.4 Å². The van der Waals surface area contributed by atoms with Crippen molar-refractivity contribution in [2.45, 2.75) is 19.4 Å². The molecule has 0 bridgehead atoms. The number of morpholine rings is 1. The Bertz CT molecular complexity index is 1150. The number of carbonyl (C=O) groups is 1. The molecule has 0 spiro atoms. The molecule has 182 valence electrons. The van der Waals surface area contributed by atoms with Gasteiger partial charge in [-0.05, 0) is 50.2 Å². The number of aromatic nitrogens is 1. The maximum absolute atomic E-state index is 13.9. The van der Waals surface area contributed by atoms with E-state index >= 15 is 0 Å². The molecule has 1 amide bonds. The largest absolute Gasteiger partial charge is 0.494 e. The molecule has 0 aliphatic carbocycles. The number of ether oxygens (including phenoxy) is 3. The first-order chi connectivity index (χ1) is 16.3. The molecule has 0 atom stereocenters. The number of hydrogen-bond acceptors (Lipinski definition) is 7. The van der Waals surface area contributed by atoms with Crippen molar-refractivity contribution < 1.29 is 19.0 Å². The Morgan fingerprint density at radius 1 is 1.18 bits per heavy atom. The Kier molecular flexibility index (Phi) is 7.84.